The minimum Gasteiger partial charge on any atom is -0.366 e. The van der Waals surface area contributed by atoms with Crippen LogP contribution in [-0.2, 0) is 9.84 Å². The number of carbonyl (C=O) groups is 1. The molecule has 4 nitrogen and oxygen atoms in total. The van der Waals surface area contributed by atoms with E-state index in [4.69, 9.17) is 17.3 Å². The molecule has 0 aliphatic rings. The quantitative estimate of drug-likeness (QED) is 0.900. The Hall–Kier alpha value is -1.28. The van der Waals surface area contributed by atoms with Crippen molar-refractivity contribution in [1.82, 2.24) is 0 Å². The van der Waals surface area contributed by atoms with Crippen LogP contribution in [0.2, 0.25) is 5.02 Å². The van der Waals surface area contributed by atoms with Gasteiger partial charge in [-0.05, 0) is 18.2 Å². The summed E-state index contributed by atoms with van der Waals surface area (Å²) in [5.74, 6) is -0.967. The van der Waals surface area contributed by atoms with Gasteiger partial charge in [0, 0.05) is 0 Å². The number of nitrogens with two attached hydrogens (primary N) is 1. The number of alkyl halides is 3. The van der Waals surface area contributed by atoms with Crippen LogP contribution >= 0.6 is 11.6 Å². The molecule has 2 N–H and O–H groups in total. The number of benzene rings is 1. The third-order valence-corrected chi connectivity index (χ3v) is 3.62. The molecule has 1 aromatic rings. The highest BCUT2D eigenvalue weighted by atomic mass is 35.5. The van der Waals surface area contributed by atoms with Gasteiger partial charge in [0.25, 0.3) is 9.84 Å². The number of sulfone groups is 1. The van der Waals surface area contributed by atoms with Gasteiger partial charge in [0.1, 0.15) is 0 Å². The molecule has 0 bridgehead atoms. The summed E-state index contributed by atoms with van der Waals surface area (Å²) >= 11 is 5.45. The molecule has 0 radical (unpaired) electrons. The van der Waals surface area contributed by atoms with Crippen molar-refractivity contribution in [3.05, 3.63) is 28.8 Å². The predicted octanol–water partition coefficient (Wildman–Crippen LogP) is 1.73. The Balaban J connectivity index is 3.39. The molecule has 0 aliphatic carbocycles. The summed E-state index contributed by atoms with van der Waals surface area (Å²) in [6.07, 6.45) is 0. The fourth-order valence-electron chi connectivity index (χ4n) is 0.996. The Bertz CT molecular complexity index is 568. The van der Waals surface area contributed by atoms with Crippen molar-refractivity contribution in [2.45, 2.75) is 10.4 Å². The molecule has 0 aliphatic heterocycles. The Morgan fingerprint density at radius 1 is 1.29 bits per heavy atom. The van der Waals surface area contributed by atoms with Crippen LogP contribution in [0.15, 0.2) is 23.1 Å². The largest absolute Gasteiger partial charge is 0.501 e. The molecular weight excluding hydrogens is 283 g/mol. The van der Waals surface area contributed by atoms with Crippen molar-refractivity contribution in [3.8, 4) is 0 Å². The Labute approximate surface area is 99.1 Å². The first-order chi connectivity index (χ1) is 7.57. The van der Waals surface area contributed by atoms with Gasteiger partial charge in [-0.3, -0.25) is 4.79 Å². The first-order valence-corrected chi connectivity index (χ1v) is 5.84. The highest BCUT2D eigenvalue weighted by Crippen LogP contribution is 2.32. The molecule has 0 saturated heterocycles. The lowest BCUT2D eigenvalue weighted by atomic mass is 10.2. The lowest BCUT2D eigenvalue weighted by molar-refractivity contribution is -0.0436. The van der Waals surface area contributed by atoms with Crippen LogP contribution in [0.1, 0.15) is 10.4 Å². The van der Waals surface area contributed by atoms with E-state index < -0.39 is 31.2 Å². The van der Waals surface area contributed by atoms with Crippen molar-refractivity contribution in [1.29, 1.82) is 0 Å². The maximum atomic E-state index is 12.2. The molecule has 1 amide bonds. The Kier molecular flexibility index (Phi) is 3.40. The number of hydrogen-bond acceptors (Lipinski definition) is 3. The molecule has 0 fully saturated rings. The summed E-state index contributed by atoms with van der Waals surface area (Å²) in [7, 11) is -5.48. The van der Waals surface area contributed by atoms with E-state index in [1.807, 2.05) is 0 Å². The van der Waals surface area contributed by atoms with E-state index in [1.54, 1.807) is 0 Å². The van der Waals surface area contributed by atoms with Gasteiger partial charge in [-0.2, -0.15) is 13.2 Å². The summed E-state index contributed by atoms with van der Waals surface area (Å²) < 4.78 is 58.5. The molecule has 0 heterocycles. The topological polar surface area (TPSA) is 77.2 Å². The van der Waals surface area contributed by atoms with E-state index in [1.165, 1.54) is 0 Å². The third-order valence-electron chi connectivity index (χ3n) is 1.82. The minimum absolute atomic E-state index is 0.257. The molecule has 1 rings (SSSR count). The zero-order valence-corrected chi connectivity index (χ0v) is 9.53. The van der Waals surface area contributed by atoms with Gasteiger partial charge in [-0.25, -0.2) is 8.42 Å². The van der Waals surface area contributed by atoms with Gasteiger partial charge in [0.2, 0.25) is 5.91 Å². The predicted molar refractivity (Wildman–Crippen MR) is 53.2 cm³/mol. The fourth-order valence-corrected chi connectivity index (χ4v) is 2.12. The van der Waals surface area contributed by atoms with Crippen molar-refractivity contribution in [2.24, 2.45) is 5.73 Å². The molecule has 17 heavy (non-hydrogen) atoms. The van der Waals surface area contributed by atoms with Crippen LogP contribution in [0, 0.1) is 0 Å². The molecule has 0 atom stereocenters. The minimum atomic E-state index is -5.48. The monoisotopic (exact) mass is 287 g/mol. The number of amides is 1. The molecule has 0 aromatic heterocycles. The van der Waals surface area contributed by atoms with Crippen molar-refractivity contribution < 1.29 is 26.4 Å². The number of primary amides is 1. The summed E-state index contributed by atoms with van der Waals surface area (Å²) in [6.45, 7) is 0. The molecule has 0 spiro atoms. The van der Waals surface area contributed by atoms with E-state index in [0.29, 0.717) is 12.1 Å². The molecule has 0 unspecified atom stereocenters. The second-order valence-corrected chi connectivity index (χ2v) is 5.30. The van der Waals surface area contributed by atoms with E-state index in [0.717, 1.165) is 6.07 Å². The van der Waals surface area contributed by atoms with Crippen LogP contribution in [0.5, 0.6) is 0 Å². The fraction of sp³-hybridized carbons (Fsp3) is 0.125. The van der Waals surface area contributed by atoms with Crippen LogP contribution in [-0.4, -0.2) is 19.8 Å². The molecule has 9 heteroatoms. The molecule has 94 valence electrons. The highest BCUT2D eigenvalue weighted by molar-refractivity contribution is 7.92. The Morgan fingerprint density at radius 3 is 2.18 bits per heavy atom. The van der Waals surface area contributed by atoms with Crippen LogP contribution in [0.4, 0.5) is 13.2 Å². The zero-order chi connectivity index (χ0) is 13.4. The van der Waals surface area contributed by atoms with Gasteiger partial charge >= 0.3 is 5.51 Å². The molecule has 0 saturated carbocycles. The van der Waals surface area contributed by atoms with Gasteiger partial charge in [0.15, 0.2) is 0 Å². The average Bonchev–Trinajstić information content (AvgIpc) is 2.14. The van der Waals surface area contributed by atoms with Gasteiger partial charge < -0.3 is 5.73 Å². The second kappa shape index (κ2) is 4.19. The maximum Gasteiger partial charge on any atom is 0.501 e. The molecular formula is C8H5ClF3NO3S. The van der Waals surface area contributed by atoms with Gasteiger partial charge in [-0.1, -0.05) is 11.6 Å². The molecule has 1 aromatic carbocycles. The standard InChI is InChI=1S/C8H5ClF3NO3S/c9-6-3-4(1-2-5(6)7(13)14)17(15,16)8(10,11)12/h1-3H,(H2,13,14). The summed E-state index contributed by atoms with van der Waals surface area (Å²) in [5, 5.41) is -0.456. The number of carbonyl (C=O) groups excluding carboxylic acids is 1. The third kappa shape index (κ3) is 2.52. The summed E-state index contributed by atoms with van der Waals surface area (Å²) in [4.78, 5) is 9.70. The highest BCUT2D eigenvalue weighted by Gasteiger charge is 2.47. The van der Waals surface area contributed by atoms with E-state index in [9.17, 15) is 26.4 Å². The van der Waals surface area contributed by atoms with Crippen molar-refractivity contribution in [3.63, 3.8) is 0 Å². The van der Waals surface area contributed by atoms with Crippen molar-refractivity contribution >= 4 is 27.3 Å². The number of halogens is 4. The number of hydrogen-bond donors (Lipinski definition) is 1. The van der Waals surface area contributed by atoms with Crippen molar-refractivity contribution in [2.75, 3.05) is 0 Å². The first kappa shape index (κ1) is 13.8. The summed E-state index contributed by atoms with van der Waals surface area (Å²) in [5.41, 5.74) is -0.818. The zero-order valence-electron chi connectivity index (χ0n) is 7.95. The Morgan fingerprint density at radius 2 is 1.82 bits per heavy atom. The number of rotatable bonds is 2. The first-order valence-electron chi connectivity index (χ1n) is 3.98. The van der Waals surface area contributed by atoms with Crippen LogP contribution in [0.25, 0.3) is 0 Å². The van der Waals surface area contributed by atoms with Crippen LogP contribution < -0.4 is 5.73 Å². The van der Waals surface area contributed by atoms with E-state index in [2.05, 4.69) is 0 Å². The van der Waals surface area contributed by atoms with Gasteiger partial charge in [-0.15, -0.1) is 0 Å². The SMILES string of the molecule is NC(=O)c1ccc(S(=O)(=O)C(F)(F)F)cc1Cl. The van der Waals surface area contributed by atoms with Crippen LogP contribution in [0.3, 0.4) is 0 Å². The van der Waals surface area contributed by atoms with Gasteiger partial charge in [0.05, 0.1) is 15.5 Å². The lowest BCUT2D eigenvalue weighted by Gasteiger charge is -2.09. The summed E-state index contributed by atoms with van der Waals surface area (Å²) in [6, 6.07) is 1.97. The average molecular weight is 288 g/mol. The van der Waals surface area contributed by atoms with E-state index >= 15 is 0 Å². The lowest BCUT2D eigenvalue weighted by Crippen LogP contribution is -2.23. The smallest absolute Gasteiger partial charge is 0.366 e. The normalized spacial score (nSPS) is 12.5. The second-order valence-electron chi connectivity index (χ2n) is 2.96. The van der Waals surface area contributed by atoms with E-state index in [-0.39, 0.29) is 5.56 Å². The maximum absolute atomic E-state index is 12.2.